The summed E-state index contributed by atoms with van der Waals surface area (Å²) in [4.78, 5) is 19.1. The maximum absolute atomic E-state index is 12.8. The molecule has 1 aliphatic heterocycles. The van der Waals surface area contributed by atoms with E-state index in [0.29, 0.717) is 24.4 Å². The molecule has 0 fully saturated rings. The second-order valence-corrected chi connectivity index (χ2v) is 6.65. The zero-order chi connectivity index (χ0) is 17.7. The predicted octanol–water partition coefficient (Wildman–Crippen LogP) is 2.31. The minimum atomic E-state index is 0.0476. The van der Waals surface area contributed by atoms with Crippen LogP contribution in [0.4, 0.5) is 0 Å². The van der Waals surface area contributed by atoms with E-state index < -0.39 is 0 Å². The van der Waals surface area contributed by atoms with Gasteiger partial charge in [0, 0.05) is 42.7 Å². The van der Waals surface area contributed by atoms with E-state index in [0.717, 1.165) is 34.4 Å². The molecule has 1 aliphatic rings. The van der Waals surface area contributed by atoms with Gasteiger partial charge in [0.25, 0.3) is 0 Å². The van der Waals surface area contributed by atoms with Gasteiger partial charge in [0.15, 0.2) is 11.2 Å². The van der Waals surface area contributed by atoms with Crippen LogP contribution in [0.2, 0.25) is 0 Å². The lowest BCUT2D eigenvalue weighted by Gasteiger charge is -2.28. The first kappa shape index (κ1) is 15.1. The first-order valence-corrected chi connectivity index (χ1v) is 8.63. The Kier molecular flexibility index (Phi) is 3.28. The molecule has 0 bridgehead atoms. The van der Waals surface area contributed by atoms with Gasteiger partial charge >= 0.3 is 0 Å². The zero-order valence-corrected chi connectivity index (χ0v) is 14.3. The molecule has 130 valence electrons. The lowest BCUT2D eigenvalue weighted by molar-refractivity contribution is -0.131. The summed E-state index contributed by atoms with van der Waals surface area (Å²) in [5.74, 6) is 0.0476. The number of aromatic nitrogens is 4. The summed E-state index contributed by atoms with van der Waals surface area (Å²) in [6.07, 6.45) is 2.86. The number of carbonyl (C=O) groups is 1. The predicted molar refractivity (Wildman–Crippen MR) is 94.6 cm³/mol. The monoisotopic (exact) mass is 347 g/mol. The Labute approximate surface area is 149 Å². The number of para-hydroxylation sites is 1. The van der Waals surface area contributed by atoms with Gasteiger partial charge in [0.05, 0.1) is 17.8 Å². The normalized spacial score (nSPS) is 14.1. The van der Waals surface area contributed by atoms with Crippen molar-refractivity contribution in [2.24, 2.45) is 0 Å². The highest BCUT2D eigenvalue weighted by molar-refractivity contribution is 5.86. The summed E-state index contributed by atoms with van der Waals surface area (Å²) < 4.78 is 7.20. The maximum atomic E-state index is 12.8. The Morgan fingerprint density at radius 3 is 3.12 bits per heavy atom. The second-order valence-electron chi connectivity index (χ2n) is 6.65. The Morgan fingerprint density at radius 1 is 1.31 bits per heavy atom. The van der Waals surface area contributed by atoms with E-state index in [4.69, 9.17) is 4.52 Å². The van der Waals surface area contributed by atoms with Gasteiger partial charge in [0.1, 0.15) is 5.69 Å². The van der Waals surface area contributed by atoms with Gasteiger partial charge in [-0.3, -0.25) is 4.79 Å². The summed E-state index contributed by atoms with van der Waals surface area (Å²) in [6.45, 7) is 3.17. The summed E-state index contributed by atoms with van der Waals surface area (Å²) in [6, 6.07) is 9.57. The molecule has 0 unspecified atom stereocenters. The van der Waals surface area contributed by atoms with Crippen molar-refractivity contribution in [2.45, 2.75) is 26.3 Å². The van der Waals surface area contributed by atoms with Crippen molar-refractivity contribution in [3.63, 3.8) is 0 Å². The van der Waals surface area contributed by atoms with Crippen LogP contribution in [0.1, 0.15) is 22.6 Å². The second kappa shape index (κ2) is 5.66. The van der Waals surface area contributed by atoms with Crippen molar-refractivity contribution < 1.29 is 9.32 Å². The van der Waals surface area contributed by atoms with Gasteiger partial charge in [-0.05, 0) is 19.1 Å². The molecule has 0 N–H and O–H groups in total. The van der Waals surface area contributed by atoms with Crippen LogP contribution in [0.5, 0.6) is 0 Å². The fourth-order valence-corrected chi connectivity index (χ4v) is 3.59. The van der Waals surface area contributed by atoms with Crippen molar-refractivity contribution in [2.75, 3.05) is 6.54 Å². The highest BCUT2D eigenvalue weighted by Crippen LogP contribution is 2.22. The van der Waals surface area contributed by atoms with Gasteiger partial charge in [-0.15, -0.1) is 0 Å². The molecule has 0 saturated heterocycles. The summed E-state index contributed by atoms with van der Waals surface area (Å²) in [5.41, 5.74) is 5.38. The van der Waals surface area contributed by atoms with Crippen LogP contribution >= 0.6 is 0 Å². The minimum Gasteiger partial charge on any atom is -0.356 e. The summed E-state index contributed by atoms with van der Waals surface area (Å²) >= 11 is 0. The van der Waals surface area contributed by atoms with Crippen molar-refractivity contribution >= 4 is 22.5 Å². The van der Waals surface area contributed by atoms with Crippen LogP contribution in [0.25, 0.3) is 16.6 Å². The van der Waals surface area contributed by atoms with Gasteiger partial charge in [0.2, 0.25) is 5.91 Å². The molecule has 3 aromatic heterocycles. The fourth-order valence-electron chi connectivity index (χ4n) is 3.59. The van der Waals surface area contributed by atoms with Crippen LogP contribution in [-0.2, 0) is 24.2 Å². The topological polar surface area (TPSA) is 76.5 Å². The molecule has 0 radical (unpaired) electrons. The van der Waals surface area contributed by atoms with E-state index in [9.17, 15) is 4.79 Å². The standard InChI is InChI=1S/C19H17N5O2/c1-12-8-18-20-10-13-11-23(7-6-16(13)24(18)21-12)19(25)9-15-14-4-2-3-5-17(14)26-22-15/h2-5,8,10H,6-7,9,11H2,1H3. The summed E-state index contributed by atoms with van der Waals surface area (Å²) in [5, 5.41) is 9.49. The van der Waals surface area contributed by atoms with Crippen molar-refractivity contribution in [1.82, 2.24) is 24.7 Å². The molecule has 0 atom stereocenters. The maximum Gasteiger partial charge on any atom is 0.229 e. The molecule has 26 heavy (non-hydrogen) atoms. The molecule has 0 spiro atoms. The molecule has 0 aliphatic carbocycles. The van der Waals surface area contributed by atoms with Crippen LogP contribution in [-0.4, -0.2) is 37.1 Å². The van der Waals surface area contributed by atoms with E-state index in [-0.39, 0.29) is 12.3 Å². The van der Waals surface area contributed by atoms with E-state index >= 15 is 0 Å². The third kappa shape index (κ3) is 2.35. The number of fused-ring (bicyclic) bond motifs is 4. The van der Waals surface area contributed by atoms with E-state index in [1.54, 1.807) is 0 Å². The SMILES string of the molecule is Cc1cc2ncc3c(n2n1)CCN(C(=O)Cc1noc2ccccc12)C3. The molecule has 1 aromatic carbocycles. The molecule has 0 saturated carbocycles. The van der Waals surface area contributed by atoms with Crippen molar-refractivity contribution in [3.05, 3.63) is 59.2 Å². The third-order valence-corrected chi connectivity index (χ3v) is 4.89. The molecule has 4 aromatic rings. The zero-order valence-electron chi connectivity index (χ0n) is 14.3. The van der Waals surface area contributed by atoms with Crippen molar-refractivity contribution in [1.29, 1.82) is 0 Å². The first-order chi connectivity index (χ1) is 12.7. The number of rotatable bonds is 2. The largest absolute Gasteiger partial charge is 0.356 e. The number of carbonyl (C=O) groups excluding carboxylic acids is 1. The quantitative estimate of drug-likeness (QED) is 0.556. The molecule has 7 nitrogen and oxygen atoms in total. The van der Waals surface area contributed by atoms with Crippen LogP contribution in [0.3, 0.4) is 0 Å². The van der Waals surface area contributed by atoms with Gasteiger partial charge in [-0.1, -0.05) is 17.3 Å². The number of benzene rings is 1. The van der Waals surface area contributed by atoms with E-state index in [1.165, 1.54) is 0 Å². The van der Waals surface area contributed by atoms with E-state index in [2.05, 4.69) is 15.2 Å². The molecule has 4 heterocycles. The van der Waals surface area contributed by atoms with Gasteiger partial charge in [-0.25, -0.2) is 9.50 Å². The smallest absolute Gasteiger partial charge is 0.229 e. The summed E-state index contributed by atoms with van der Waals surface area (Å²) in [7, 11) is 0. The van der Waals surface area contributed by atoms with Gasteiger partial charge < -0.3 is 9.42 Å². The average Bonchev–Trinajstić information content (AvgIpc) is 3.24. The third-order valence-electron chi connectivity index (χ3n) is 4.89. The molecule has 7 heteroatoms. The van der Waals surface area contributed by atoms with Crippen LogP contribution < -0.4 is 0 Å². The Bertz CT molecular complexity index is 1140. The molecule has 5 rings (SSSR count). The van der Waals surface area contributed by atoms with Gasteiger partial charge in [-0.2, -0.15) is 5.10 Å². The Balaban J connectivity index is 1.40. The number of aryl methyl sites for hydroxylation is 1. The first-order valence-electron chi connectivity index (χ1n) is 8.63. The number of amides is 1. The lowest BCUT2D eigenvalue weighted by Crippen LogP contribution is -2.38. The number of nitrogens with zero attached hydrogens (tertiary/aromatic N) is 5. The number of hydrogen-bond donors (Lipinski definition) is 0. The van der Waals surface area contributed by atoms with E-state index in [1.807, 2.05) is 52.9 Å². The highest BCUT2D eigenvalue weighted by Gasteiger charge is 2.24. The average molecular weight is 347 g/mol. The minimum absolute atomic E-state index is 0.0476. The molecular formula is C19H17N5O2. The lowest BCUT2D eigenvalue weighted by atomic mass is 10.1. The van der Waals surface area contributed by atoms with Crippen molar-refractivity contribution in [3.8, 4) is 0 Å². The highest BCUT2D eigenvalue weighted by atomic mass is 16.5. The Morgan fingerprint density at radius 2 is 2.19 bits per heavy atom. The van der Waals surface area contributed by atoms with Crippen LogP contribution in [0, 0.1) is 6.92 Å². The van der Waals surface area contributed by atoms with Crippen LogP contribution in [0.15, 0.2) is 41.1 Å². The molecule has 1 amide bonds. The number of hydrogen-bond acceptors (Lipinski definition) is 5. The molecular weight excluding hydrogens is 330 g/mol. The fraction of sp³-hybridized carbons (Fsp3) is 0.263. The Hall–Kier alpha value is -3.22.